The summed E-state index contributed by atoms with van der Waals surface area (Å²) >= 11 is 3.18. The molecule has 0 bridgehead atoms. The normalized spacial score (nSPS) is 15.6. The first kappa shape index (κ1) is 21.5. The summed E-state index contributed by atoms with van der Waals surface area (Å²) < 4.78 is 45.3. The van der Waals surface area contributed by atoms with Gasteiger partial charge in [-0.25, -0.2) is 12.8 Å². The van der Waals surface area contributed by atoms with Crippen LogP contribution in [0.25, 0.3) is 6.08 Å². The molecule has 6 nitrogen and oxygen atoms in total. The molecule has 1 aliphatic rings. The van der Waals surface area contributed by atoms with Crippen molar-refractivity contribution in [3.05, 3.63) is 69.8 Å². The predicted octanol–water partition coefficient (Wildman–Crippen LogP) is 3.11. The van der Waals surface area contributed by atoms with E-state index >= 15 is 0 Å². The van der Waals surface area contributed by atoms with Gasteiger partial charge in [-0.05, 0) is 45.8 Å². The van der Waals surface area contributed by atoms with Gasteiger partial charge in [0.15, 0.2) is 6.61 Å². The van der Waals surface area contributed by atoms with E-state index in [2.05, 4.69) is 15.9 Å². The van der Waals surface area contributed by atoms with Crippen molar-refractivity contribution in [2.45, 2.75) is 0 Å². The Morgan fingerprint density at radius 3 is 2.45 bits per heavy atom. The number of ether oxygens (including phenoxy) is 1. The van der Waals surface area contributed by atoms with Gasteiger partial charge in [-0.1, -0.05) is 30.3 Å². The molecule has 0 saturated carbocycles. The third-order valence-electron chi connectivity index (χ3n) is 4.43. The van der Waals surface area contributed by atoms with Gasteiger partial charge in [0, 0.05) is 31.6 Å². The van der Waals surface area contributed by atoms with Gasteiger partial charge in [-0.15, -0.1) is 0 Å². The molecule has 1 amide bonds. The fraction of sp³-hybridized carbons (Fsp3) is 0.250. The summed E-state index contributed by atoms with van der Waals surface area (Å²) in [6.45, 7) is 0.794. The number of benzene rings is 2. The molecular formula is C20H20BrFN2O4S. The van der Waals surface area contributed by atoms with Crippen LogP contribution in [0, 0.1) is 5.82 Å². The highest BCUT2D eigenvalue weighted by atomic mass is 79.9. The number of carbonyl (C=O) groups excluding carboxylic acids is 1. The smallest absolute Gasteiger partial charge is 0.260 e. The predicted molar refractivity (Wildman–Crippen MR) is 112 cm³/mol. The standard InChI is InChI=1S/C20H20BrFN2O4S/c21-18-14-17(22)6-7-19(18)28-15-20(25)23-9-11-24(12-10-23)29(26,27)13-8-16-4-2-1-3-5-16/h1-8,13-14H,9-12,15H2/b13-8+. The first-order chi connectivity index (χ1) is 13.8. The number of hydrogen-bond donors (Lipinski definition) is 0. The summed E-state index contributed by atoms with van der Waals surface area (Å²) in [5.41, 5.74) is 0.800. The van der Waals surface area contributed by atoms with Gasteiger partial charge in [0.05, 0.1) is 4.47 Å². The SMILES string of the molecule is O=C(COc1ccc(F)cc1Br)N1CCN(S(=O)(=O)/C=C/c2ccccc2)CC1. The lowest BCUT2D eigenvalue weighted by atomic mass is 10.2. The molecule has 0 aliphatic carbocycles. The zero-order valence-electron chi connectivity index (χ0n) is 15.5. The summed E-state index contributed by atoms with van der Waals surface area (Å²) in [5, 5.41) is 1.19. The Bertz CT molecular complexity index is 991. The zero-order valence-corrected chi connectivity index (χ0v) is 17.9. The second-order valence-corrected chi connectivity index (χ2v) is 9.07. The molecule has 1 heterocycles. The lowest BCUT2D eigenvalue weighted by molar-refractivity contribution is -0.134. The van der Waals surface area contributed by atoms with Crippen molar-refractivity contribution in [1.29, 1.82) is 0 Å². The number of hydrogen-bond acceptors (Lipinski definition) is 4. The van der Waals surface area contributed by atoms with Crippen molar-refractivity contribution in [3.63, 3.8) is 0 Å². The first-order valence-electron chi connectivity index (χ1n) is 8.94. The van der Waals surface area contributed by atoms with Crippen LogP contribution in [0.15, 0.2) is 58.4 Å². The minimum atomic E-state index is -3.55. The van der Waals surface area contributed by atoms with Crippen molar-refractivity contribution >= 4 is 37.9 Å². The average molecular weight is 483 g/mol. The van der Waals surface area contributed by atoms with Crippen molar-refractivity contribution in [3.8, 4) is 5.75 Å². The summed E-state index contributed by atoms with van der Waals surface area (Å²) in [5.74, 6) is -0.292. The minimum absolute atomic E-state index is 0.203. The van der Waals surface area contributed by atoms with Crippen LogP contribution >= 0.6 is 15.9 Å². The van der Waals surface area contributed by atoms with Crippen molar-refractivity contribution < 1.29 is 22.3 Å². The molecule has 2 aromatic rings. The van der Waals surface area contributed by atoms with Crippen LogP contribution < -0.4 is 4.74 Å². The fourth-order valence-electron chi connectivity index (χ4n) is 2.83. The van der Waals surface area contributed by atoms with E-state index in [1.54, 1.807) is 11.0 Å². The molecule has 0 unspecified atom stereocenters. The Hall–Kier alpha value is -2.23. The fourth-order valence-corrected chi connectivity index (χ4v) is 4.47. The van der Waals surface area contributed by atoms with Crippen LogP contribution in [0.4, 0.5) is 4.39 Å². The summed E-state index contributed by atoms with van der Waals surface area (Å²) in [6.07, 6.45) is 1.56. The summed E-state index contributed by atoms with van der Waals surface area (Å²) in [6, 6.07) is 13.1. The second-order valence-electron chi connectivity index (χ2n) is 6.40. The number of carbonyl (C=O) groups is 1. The van der Waals surface area contributed by atoms with Gasteiger partial charge in [-0.2, -0.15) is 4.31 Å². The number of piperazine rings is 1. The van der Waals surface area contributed by atoms with E-state index in [1.165, 1.54) is 27.9 Å². The number of amides is 1. The van der Waals surface area contributed by atoms with Gasteiger partial charge in [0.2, 0.25) is 10.0 Å². The molecule has 1 fully saturated rings. The Labute approximate surface area is 177 Å². The van der Waals surface area contributed by atoms with Crippen LogP contribution in [0.5, 0.6) is 5.75 Å². The summed E-state index contributed by atoms with van der Waals surface area (Å²) in [4.78, 5) is 13.9. The molecule has 0 spiro atoms. The Morgan fingerprint density at radius 1 is 1.10 bits per heavy atom. The van der Waals surface area contributed by atoms with Crippen molar-refractivity contribution in [1.82, 2.24) is 9.21 Å². The van der Waals surface area contributed by atoms with Crippen LogP contribution in [-0.4, -0.2) is 56.3 Å². The van der Waals surface area contributed by atoms with Gasteiger partial charge < -0.3 is 9.64 Å². The van der Waals surface area contributed by atoms with Crippen LogP contribution in [0.2, 0.25) is 0 Å². The number of nitrogens with zero attached hydrogens (tertiary/aromatic N) is 2. The van der Waals surface area contributed by atoms with E-state index in [-0.39, 0.29) is 38.7 Å². The lowest BCUT2D eigenvalue weighted by Gasteiger charge is -2.33. The van der Waals surface area contributed by atoms with Crippen molar-refractivity contribution in [2.24, 2.45) is 0 Å². The van der Waals surface area contributed by atoms with E-state index in [0.717, 1.165) is 5.56 Å². The number of halogens is 2. The Kier molecular flexibility index (Phi) is 7.05. The molecule has 0 radical (unpaired) electrons. The molecule has 1 saturated heterocycles. The van der Waals surface area contributed by atoms with Crippen LogP contribution in [0.3, 0.4) is 0 Å². The molecule has 154 valence electrons. The topological polar surface area (TPSA) is 66.9 Å². The Morgan fingerprint density at radius 2 is 1.79 bits per heavy atom. The molecule has 2 aromatic carbocycles. The zero-order chi connectivity index (χ0) is 20.9. The highest BCUT2D eigenvalue weighted by Gasteiger charge is 2.27. The van der Waals surface area contributed by atoms with Crippen LogP contribution in [0.1, 0.15) is 5.56 Å². The molecule has 0 aromatic heterocycles. The highest BCUT2D eigenvalue weighted by molar-refractivity contribution is 9.10. The summed E-state index contributed by atoms with van der Waals surface area (Å²) in [7, 11) is -3.55. The number of rotatable bonds is 6. The second kappa shape index (κ2) is 9.51. The quantitative estimate of drug-likeness (QED) is 0.634. The van der Waals surface area contributed by atoms with E-state index in [9.17, 15) is 17.6 Å². The molecule has 0 atom stereocenters. The third-order valence-corrected chi connectivity index (χ3v) is 6.61. The van der Waals surface area contributed by atoms with Crippen LogP contribution in [-0.2, 0) is 14.8 Å². The average Bonchev–Trinajstić information content (AvgIpc) is 2.72. The third kappa shape index (κ3) is 5.88. The molecule has 9 heteroatoms. The largest absolute Gasteiger partial charge is 0.483 e. The van der Waals surface area contributed by atoms with E-state index in [4.69, 9.17) is 4.74 Å². The molecule has 1 aliphatic heterocycles. The maximum atomic E-state index is 13.1. The van der Waals surface area contributed by atoms with Gasteiger partial charge in [0.25, 0.3) is 5.91 Å². The van der Waals surface area contributed by atoms with E-state index < -0.39 is 15.8 Å². The number of sulfonamides is 1. The first-order valence-corrected chi connectivity index (χ1v) is 11.2. The molecular weight excluding hydrogens is 463 g/mol. The van der Waals surface area contributed by atoms with Gasteiger partial charge in [-0.3, -0.25) is 4.79 Å². The maximum absolute atomic E-state index is 13.1. The molecule has 29 heavy (non-hydrogen) atoms. The van der Waals surface area contributed by atoms with E-state index in [1.807, 2.05) is 30.3 Å². The molecule has 3 rings (SSSR count). The maximum Gasteiger partial charge on any atom is 0.260 e. The monoisotopic (exact) mass is 482 g/mol. The van der Waals surface area contributed by atoms with E-state index in [0.29, 0.717) is 10.2 Å². The Balaban J connectivity index is 1.51. The molecule has 0 N–H and O–H groups in total. The highest BCUT2D eigenvalue weighted by Crippen LogP contribution is 2.25. The minimum Gasteiger partial charge on any atom is -0.483 e. The van der Waals surface area contributed by atoms with Crippen molar-refractivity contribution in [2.75, 3.05) is 32.8 Å². The van der Waals surface area contributed by atoms with Gasteiger partial charge in [0.1, 0.15) is 11.6 Å². The lowest BCUT2D eigenvalue weighted by Crippen LogP contribution is -2.51. The van der Waals surface area contributed by atoms with Gasteiger partial charge >= 0.3 is 0 Å².